The van der Waals surface area contributed by atoms with Gasteiger partial charge in [-0.2, -0.15) is 0 Å². The first-order valence-electron chi connectivity index (χ1n) is 12.1. The lowest BCUT2D eigenvalue weighted by Crippen LogP contribution is -2.50. The minimum absolute atomic E-state index is 0.0102. The summed E-state index contributed by atoms with van der Waals surface area (Å²) in [5.41, 5.74) is 7.63. The largest absolute Gasteiger partial charge is 0.384 e. The molecule has 0 spiro atoms. The van der Waals surface area contributed by atoms with Crippen LogP contribution in [0.1, 0.15) is 83.4 Å². The minimum Gasteiger partial charge on any atom is -0.384 e. The van der Waals surface area contributed by atoms with Gasteiger partial charge >= 0.3 is 0 Å². The molecule has 2 fully saturated rings. The first-order chi connectivity index (χ1) is 16.4. The average molecular weight is 464 g/mol. The van der Waals surface area contributed by atoms with Crippen molar-refractivity contribution in [1.29, 1.82) is 0 Å². The molecule has 8 nitrogen and oxygen atoms in total. The number of carbonyl (C=O) groups excluding carboxylic acids is 3. The summed E-state index contributed by atoms with van der Waals surface area (Å²) in [6, 6.07) is 9.44. The maximum Gasteiger partial charge on any atom is 0.251 e. The van der Waals surface area contributed by atoms with Crippen molar-refractivity contribution in [2.75, 3.05) is 16.8 Å². The van der Waals surface area contributed by atoms with Gasteiger partial charge in [0, 0.05) is 47.7 Å². The van der Waals surface area contributed by atoms with Gasteiger partial charge < -0.3 is 21.3 Å². The molecule has 4 N–H and O–H groups in total. The van der Waals surface area contributed by atoms with Gasteiger partial charge in [-0.1, -0.05) is 13.3 Å². The summed E-state index contributed by atoms with van der Waals surface area (Å²) in [4.78, 5) is 43.3. The Morgan fingerprint density at radius 2 is 1.79 bits per heavy atom. The van der Waals surface area contributed by atoms with Crippen molar-refractivity contribution in [3.05, 3.63) is 53.2 Å². The predicted octanol–water partition coefficient (Wildman–Crippen LogP) is 3.52. The van der Waals surface area contributed by atoms with Gasteiger partial charge in [0.15, 0.2) is 5.78 Å². The zero-order chi connectivity index (χ0) is 24.2. The van der Waals surface area contributed by atoms with E-state index in [1.165, 1.54) is 0 Å². The molecular weight excluding hydrogens is 430 g/mol. The zero-order valence-electron chi connectivity index (χ0n) is 19.8. The third-order valence-electron chi connectivity index (χ3n) is 6.88. The van der Waals surface area contributed by atoms with Crippen molar-refractivity contribution in [3.8, 4) is 0 Å². The Balaban J connectivity index is 1.42. The normalized spacial score (nSPS) is 21.2. The number of ketones is 1. The van der Waals surface area contributed by atoms with E-state index in [2.05, 4.69) is 27.4 Å². The van der Waals surface area contributed by atoms with Gasteiger partial charge in [-0.25, -0.2) is 4.98 Å². The van der Waals surface area contributed by atoms with Crippen LogP contribution in [-0.2, 0) is 0 Å². The number of piperidine rings is 1. The molecule has 0 radical (unpaired) electrons. The molecule has 2 bridgehead atoms. The number of nitrogens with zero attached hydrogens (tertiary/aromatic N) is 2. The summed E-state index contributed by atoms with van der Waals surface area (Å²) in [7, 11) is 0. The molecular formula is C26H33N5O3. The summed E-state index contributed by atoms with van der Waals surface area (Å²) in [5.74, 6) is 0.249. The molecule has 0 aliphatic carbocycles. The Hall–Kier alpha value is -3.42. The van der Waals surface area contributed by atoms with Crippen molar-refractivity contribution >= 4 is 29.1 Å². The Bertz CT molecular complexity index is 1050. The molecule has 2 aliphatic heterocycles. The van der Waals surface area contributed by atoms with Crippen LogP contribution in [0.4, 0.5) is 11.5 Å². The van der Waals surface area contributed by atoms with Gasteiger partial charge in [0.25, 0.3) is 11.8 Å². The topological polar surface area (TPSA) is 117 Å². The summed E-state index contributed by atoms with van der Waals surface area (Å²) >= 11 is 0. The first-order valence-corrected chi connectivity index (χ1v) is 12.1. The average Bonchev–Trinajstić information content (AvgIpc) is 3.09. The van der Waals surface area contributed by atoms with Crippen LogP contribution in [0.5, 0.6) is 0 Å². The Morgan fingerprint density at radius 1 is 1.09 bits per heavy atom. The van der Waals surface area contributed by atoms with E-state index in [9.17, 15) is 14.4 Å². The number of carbonyl (C=O) groups is 3. The minimum atomic E-state index is -0.514. The van der Waals surface area contributed by atoms with E-state index in [1.54, 1.807) is 31.3 Å². The molecule has 1 aromatic carbocycles. The van der Waals surface area contributed by atoms with Gasteiger partial charge in [0.05, 0.1) is 5.56 Å². The van der Waals surface area contributed by atoms with Crippen LogP contribution in [0.2, 0.25) is 0 Å². The Labute approximate surface area is 200 Å². The summed E-state index contributed by atoms with van der Waals surface area (Å²) in [6.07, 6.45) is 7.45. The molecule has 1 unspecified atom stereocenters. The third kappa shape index (κ3) is 5.05. The molecule has 1 aromatic heterocycles. The standard InChI is InChI=1S/C26H33N5O3/c1-3-4-11-28-23-12-17(5-9-22(23)25(27)33)26(34)30-19-13-20-7-8-21(14-19)31(20)24-10-6-18(15-29-24)16(2)32/h5-6,9-10,12,15,19-21,28H,3-4,7-8,11,13-14H2,1-2H3,(H2,27,33)(H,30,34)/t19?,20-,21+. The number of hydrogen-bond donors (Lipinski definition) is 3. The predicted molar refractivity (Wildman–Crippen MR) is 132 cm³/mol. The molecule has 4 rings (SSSR count). The number of nitrogens with two attached hydrogens (primary N) is 1. The second-order valence-corrected chi connectivity index (χ2v) is 9.30. The van der Waals surface area contributed by atoms with E-state index in [0.29, 0.717) is 41.0 Å². The van der Waals surface area contributed by atoms with Gasteiger partial charge in [-0.05, 0) is 69.4 Å². The number of primary amides is 1. The van der Waals surface area contributed by atoms with Crippen molar-refractivity contribution in [2.24, 2.45) is 5.73 Å². The molecule has 2 saturated heterocycles. The fourth-order valence-corrected chi connectivity index (χ4v) is 5.13. The fraction of sp³-hybridized carbons (Fsp3) is 0.462. The smallest absolute Gasteiger partial charge is 0.251 e. The molecule has 180 valence electrons. The quantitative estimate of drug-likeness (QED) is 0.387. The maximum absolute atomic E-state index is 13.0. The van der Waals surface area contributed by atoms with E-state index in [0.717, 1.165) is 44.3 Å². The van der Waals surface area contributed by atoms with Crippen LogP contribution in [0, 0.1) is 0 Å². The monoisotopic (exact) mass is 463 g/mol. The lowest BCUT2D eigenvalue weighted by atomic mass is 9.96. The number of anilines is 2. The van der Waals surface area contributed by atoms with Gasteiger partial charge in [0.1, 0.15) is 5.82 Å². The number of benzene rings is 1. The molecule has 34 heavy (non-hydrogen) atoms. The second-order valence-electron chi connectivity index (χ2n) is 9.30. The van der Waals surface area contributed by atoms with Gasteiger partial charge in [-0.3, -0.25) is 14.4 Å². The van der Waals surface area contributed by atoms with Gasteiger partial charge in [-0.15, -0.1) is 0 Å². The Morgan fingerprint density at radius 3 is 2.38 bits per heavy atom. The highest BCUT2D eigenvalue weighted by molar-refractivity contribution is 6.02. The molecule has 3 heterocycles. The van der Waals surface area contributed by atoms with Crippen LogP contribution in [0.25, 0.3) is 0 Å². The van der Waals surface area contributed by atoms with E-state index < -0.39 is 5.91 Å². The number of fused-ring (bicyclic) bond motifs is 2. The highest BCUT2D eigenvalue weighted by Gasteiger charge is 2.41. The number of unbranched alkanes of at least 4 members (excludes halogenated alkanes) is 1. The van der Waals surface area contributed by atoms with E-state index >= 15 is 0 Å². The zero-order valence-corrected chi connectivity index (χ0v) is 19.8. The molecule has 3 atom stereocenters. The van der Waals surface area contributed by atoms with E-state index in [4.69, 9.17) is 5.73 Å². The molecule has 0 saturated carbocycles. The number of rotatable bonds is 9. The summed E-state index contributed by atoms with van der Waals surface area (Å²) < 4.78 is 0. The SMILES string of the molecule is CCCCNc1cc(C(=O)NC2C[C@H]3CC[C@@H](C2)N3c2ccc(C(C)=O)cn2)ccc1C(N)=O. The lowest BCUT2D eigenvalue weighted by Gasteiger charge is -2.40. The molecule has 2 aliphatic rings. The Kier molecular flexibility index (Phi) is 7.14. The van der Waals surface area contributed by atoms with Crippen LogP contribution in [0.3, 0.4) is 0 Å². The summed E-state index contributed by atoms with van der Waals surface area (Å²) in [6.45, 7) is 4.35. The first kappa shape index (κ1) is 23.7. The van der Waals surface area contributed by atoms with Crippen LogP contribution in [-0.4, -0.2) is 47.3 Å². The van der Waals surface area contributed by atoms with E-state index in [1.807, 2.05) is 12.1 Å². The number of amides is 2. The van der Waals surface area contributed by atoms with Crippen molar-refractivity contribution < 1.29 is 14.4 Å². The van der Waals surface area contributed by atoms with Crippen LogP contribution < -0.4 is 21.3 Å². The molecule has 2 aromatic rings. The fourth-order valence-electron chi connectivity index (χ4n) is 5.13. The number of aromatic nitrogens is 1. The second kappa shape index (κ2) is 10.2. The number of hydrogen-bond acceptors (Lipinski definition) is 6. The number of nitrogens with one attached hydrogen (secondary N) is 2. The highest BCUT2D eigenvalue weighted by atomic mass is 16.2. The van der Waals surface area contributed by atoms with Gasteiger partial charge in [0.2, 0.25) is 0 Å². The number of pyridine rings is 1. The number of Topliss-reactive ketones (excluding diaryl/α,β-unsaturated/α-hetero) is 1. The molecule has 2 amide bonds. The van der Waals surface area contributed by atoms with Crippen LogP contribution in [0.15, 0.2) is 36.5 Å². The summed E-state index contributed by atoms with van der Waals surface area (Å²) in [5, 5.41) is 6.44. The molecule has 8 heteroatoms. The van der Waals surface area contributed by atoms with Crippen molar-refractivity contribution in [2.45, 2.75) is 70.5 Å². The highest BCUT2D eigenvalue weighted by Crippen LogP contribution is 2.38. The third-order valence-corrected chi connectivity index (χ3v) is 6.88. The van der Waals surface area contributed by atoms with Crippen molar-refractivity contribution in [3.63, 3.8) is 0 Å². The van der Waals surface area contributed by atoms with Crippen molar-refractivity contribution in [1.82, 2.24) is 10.3 Å². The lowest BCUT2D eigenvalue weighted by molar-refractivity contribution is 0.0924. The van der Waals surface area contributed by atoms with E-state index in [-0.39, 0.29) is 17.7 Å². The maximum atomic E-state index is 13.0. The van der Waals surface area contributed by atoms with Crippen LogP contribution >= 0.6 is 0 Å².